The van der Waals surface area contributed by atoms with Crippen molar-refractivity contribution in [1.29, 1.82) is 0 Å². The molecule has 0 bridgehead atoms. The van der Waals surface area contributed by atoms with Gasteiger partial charge < -0.3 is 14.8 Å². The minimum Gasteiger partial charge on any atom is -0.494 e. The van der Waals surface area contributed by atoms with Crippen LogP contribution < -0.4 is 19.5 Å². The first-order valence-corrected chi connectivity index (χ1v) is 11.5. The van der Waals surface area contributed by atoms with Gasteiger partial charge in [-0.3, -0.25) is 14.5 Å². The number of nitrogens with zero attached hydrogens (tertiary/aromatic N) is 1. The smallest absolute Gasteiger partial charge is 0.261 e. The number of aromatic nitrogens is 1. The number of benzene rings is 2. The van der Waals surface area contributed by atoms with Crippen molar-refractivity contribution in [3.63, 3.8) is 0 Å². The fourth-order valence-electron chi connectivity index (χ4n) is 2.85. The fraction of sp³-hybridized carbons (Fsp3) is 0.217. The van der Waals surface area contributed by atoms with Gasteiger partial charge in [0.15, 0.2) is 6.61 Å². The van der Waals surface area contributed by atoms with Crippen LogP contribution in [0.15, 0.2) is 71.9 Å². The summed E-state index contributed by atoms with van der Waals surface area (Å²) in [6.07, 6.45) is 3.33. The Kier molecular flexibility index (Phi) is 7.67. The summed E-state index contributed by atoms with van der Waals surface area (Å²) in [7, 11) is -3.78. The standard InChI is InChI=1S/C23H25N3O5S/c1-3-30-20-8-6-19(7-9-20)26-32(28,29)21-10-11-22(17(2)13-21)31-16-23(27)25-15-18-5-4-12-24-14-18/h4-14,26H,3,15-16H2,1-2H3,(H,25,27). The van der Waals surface area contributed by atoms with Crippen molar-refractivity contribution in [2.75, 3.05) is 17.9 Å². The van der Waals surface area contributed by atoms with Gasteiger partial charge in [-0.05, 0) is 73.5 Å². The van der Waals surface area contributed by atoms with E-state index in [0.29, 0.717) is 35.9 Å². The van der Waals surface area contributed by atoms with E-state index in [1.54, 1.807) is 49.6 Å². The molecule has 3 rings (SSSR count). The maximum atomic E-state index is 12.7. The number of carbonyl (C=O) groups excluding carboxylic acids is 1. The zero-order valence-corrected chi connectivity index (χ0v) is 18.7. The average Bonchev–Trinajstić information content (AvgIpc) is 2.79. The predicted molar refractivity (Wildman–Crippen MR) is 121 cm³/mol. The largest absolute Gasteiger partial charge is 0.494 e. The van der Waals surface area contributed by atoms with Crippen LogP contribution in [0, 0.1) is 6.92 Å². The Labute approximate surface area is 187 Å². The maximum absolute atomic E-state index is 12.7. The van der Waals surface area contributed by atoms with E-state index in [4.69, 9.17) is 9.47 Å². The normalized spacial score (nSPS) is 10.9. The van der Waals surface area contributed by atoms with E-state index in [2.05, 4.69) is 15.0 Å². The highest BCUT2D eigenvalue weighted by Crippen LogP contribution is 2.24. The summed E-state index contributed by atoms with van der Waals surface area (Å²) in [5, 5.41) is 2.74. The summed E-state index contributed by atoms with van der Waals surface area (Å²) in [6, 6.07) is 14.8. The Morgan fingerprint density at radius 1 is 1.06 bits per heavy atom. The number of pyridine rings is 1. The van der Waals surface area contributed by atoms with E-state index in [1.165, 1.54) is 18.2 Å². The van der Waals surface area contributed by atoms with Gasteiger partial charge in [-0.1, -0.05) is 6.07 Å². The zero-order chi connectivity index (χ0) is 23.0. The van der Waals surface area contributed by atoms with Gasteiger partial charge in [0.05, 0.1) is 11.5 Å². The Morgan fingerprint density at radius 3 is 2.50 bits per heavy atom. The van der Waals surface area contributed by atoms with Crippen LogP contribution in [-0.2, 0) is 21.4 Å². The fourth-order valence-corrected chi connectivity index (χ4v) is 3.99. The summed E-state index contributed by atoms with van der Waals surface area (Å²) in [5.74, 6) is 0.806. The molecule has 8 nitrogen and oxygen atoms in total. The molecule has 0 aliphatic heterocycles. The van der Waals surface area contributed by atoms with Gasteiger partial charge in [0.25, 0.3) is 15.9 Å². The van der Waals surface area contributed by atoms with E-state index < -0.39 is 10.0 Å². The average molecular weight is 456 g/mol. The van der Waals surface area contributed by atoms with Crippen molar-refractivity contribution < 1.29 is 22.7 Å². The lowest BCUT2D eigenvalue weighted by Gasteiger charge is -2.13. The molecule has 168 valence electrons. The Bertz CT molecular complexity index is 1150. The van der Waals surface area contributed by atoms with Crippen LogP contribution >= 0.6 is 0 Å². The van der Waals surface area contributed by atoms with Crippen LogP contribution in [0.1, 0.15) is 18.1 Å². The molecule has 1 heterocycles. The Hall–Kier alpha value is -3.59. The lowest BCUT2D eigenvalue weighted by molar-refractivity contribution is -0.123. The predicted octanol–water partition coefficient (Wildman–Crippen LogP) is 3.28. The first-order chi connectivity index (χ1) is 15.4. The van der Waals surface area contributed by atoms with Crippen LogP contribution in [0.3, 0.4) is 0 Å². The summed E-state index contributed by atoms with van der Waals surface area (Å²) in [6.45, 7) is 4.30. The van der Waals surface area contributed by atoms with Crippen LogP contribution in [0.2, 0.25) is 0 Å². The van der Waals surface area contributed by atoms with Gasteiger partial charge in [-0.25, -0.2) is 8.42 Å². The minimum absolute atomic E-state index is 0.0947. The lowest BCUT2D eigenvalue weighted by Crippen LogP contribution is -2.28. The molecule has 0 saturated heterocycles. The van der Waals surface area contributed by atoms with E-state index in [9.17, 15) is 13.2 Å². The maximum Gasteiger partial charge on any atom is 0.261 e. The molecule has 2 aromatic carbocycles. The van der Waals surface area contributed by atoms with Gasteiger partial charge in [0.2, 0.25) is 0 Å². The number of ether oxygens (including phenoxy) is 2. The van der Waals surface area contributed by atoms with Gasteiger partial charge in [-0.15, -0.1) is 0 Å². The third-order valence-electron chi connectivity index (χ3n) is 4.45. The molecule has 3 aromatic rings. The number of sulfonamides is 1. The molecule has 0 unspecified atom stereocenters. The second kappa shape index (κ2) is 10.6. The number of aryl methyl sites for hydroxylation is 1. The molecule has 0 aliphatic carbocycles. The monoisotopic (exact) mass is 455 g/mol. The van der Waals surface area contributed by atoms with E-state index >= 15 is 0 Å². The molecule has 0 spiro atoms. The number of anilines is 1. The highest BCUT2D eigenvalue weighted by atomic mass is 32.2. The number of hydrogen-bond donors (Lipinski definition) is 2. The van der Waals surface area contributed by atoms with Crippen molar-refractivity contribution in [3.8, 4) is 11.5 Å². The van der Waals surface area contributed by atoms with E-state index in [-0.39, 0.29) is 17.4 Å². The first-order valence-electron chi connectivity index (χ1n) is 10.0. The van der Waals surface area contributed by atoms with Crippen molar-refractivity contribution in [2.24, 2.45) is 0 Å². The molecule has 2 N–H and O–H groups in total. The topological polar surface area (TPSA) is 107 Å². The molecule has 0 aliphatic rings. The van der Waals surface area contributed by atoms with Gasteiger partial charge in [0, 0.05) is 24.6 Å². The van der Waals surface area contributed by atoms with E-state index in [0.717, 1.165) is 5.56 Å². The number of nitrogens with one attached hydrogen (secondary N) is 2. The summed E-state index contributed by atoms with van der Waals surface area (Å²) < 4.78 is 38.9. The molecule has 32 heavy (non-hydrogen) atoms. The van der Waals surface area contributed by atoms with Gasteiger partial charge >= 0.3 is 0 Å². The van der Waals surface area contributed by atoms with Crippen LogP contribution in [0.25, 0.3) is 0 Å². The highest BCUT2D eigenvalue weighted by molar-refractivity contribution is 7.92. The number of amides is 1. The van der Waals surface area contributed by atoms with Crippen LogP contribution in [-0.4, -0.2) is 32.5 Å². The SMILES string of the molecule is CCOc1ccc(NS(=O)(=O)c2ccc(OCC(=O)NCc3cccnc3)c(C)c2)cc1. The van der Waals surface area contributed by atoms with Crippen molar-refractivity contribution in [2.45, 2.75) is 25.3 Å². The molecule has 0 saturated carbocycles. The second-order valence-electron chi connectivity index (χ2n) is 6.92. The molecule has 0 atom stereocenters. The number of rotatable bonds is 10. The summed E-state index contributed by atoms with van der Waals surface area (Å²) in [5.41, 5.74) is 1.91. The van der Waals surface area contributed by atoms with Crippen molar-refractivity contribution in [1.82, 2.24) is 10.3 Å². The second-order valence-corrected chi connectivity index (χ2v) is 8.60. The van der Waals surface area contributed by atoms with Crippen molar-refractivity contribution in [3.05, 3.63) is 78.1 Å². The van der Waals surface area contributed by atoms with Crippen LogP contribution in [0.4, 0.5) is 5.69 Å². The van der Waals surface area contributed by atoms with Gasteiger partial charge in [-0.2, -0.15) is 0 Å². The number of hydrogen-bond acceptors (Lipinski definition) is 6. The molecule has 1 amide bonds. The third-order valence-corrected chi connectivity index (χ3v) is 5.82. The Morgan fingerprint density at radius 2 is 1.84 bits per heavy atom. The molecular weight excluding hydrogens is 430 g/mol. The van der Waals surface area contributed by atoms with Gasteiger partial charge in [0.1, 0.15) is 11.5 Å². The van der Waals surface area contributed by atoms with Crippen molar-refractivity contribution >= 4 is 21.6 Å². The number of carbonyl (C=O) groups is 1. The molecule has 1 aromatic heterocycles. The van der Waals surface area contributed by atoms with Crippen LogP contribution in [0.5, 0.6) is 11.5 Å². The minimum atomic E-state index is -3.78. The summed E-state index contributed by atoms with van der Waals surface area (Å²) >= 11 is 0. The lowest BCUT2D eigenvalue weighted by atomic mass is 10.2. The first kappa shape index (κ1) is 23.1. The zero-order valence-electron chi connectivity index (χ0n) is 17.9. The summed E-state index contributed by atoms with van der Waals surface area (Å²) in [4.78, 5) is 16.1. The highest BCUT2D eigenvalue weighted by Gasteiger charge is 2.16. The molecule has 0 radical (unpaired) electrons. The molecule has 9 heteroatoms. The van der Waals surface area contributed by atoms with E-state index in [1.807, 2.05) is 13.0 Å². The Balaban J connectivity index is 1.58. The molecule has 0 fully saturated rings. The quantitative estimate of drug-likeness (QED) is 0.486. The molecular formula is C23H25N3O5S. The third kappa shape index (κ3) is 6.45.